The largest absolute Gasteiger partial charge is 0.330 e. The third kappa shape index (κ3) is 3.07. The van der Waals surface area contributed by atoms with E-state index in [4.69, 9.17) is 5.73 Å². The number of nitrogens with two attached hydrogens (primary N) is 1. The van der Waals surface area contributed by atoms with Crippen molar-refractivity contribution in [2.75, 3.05) is 6.54 Å². The van der Waals surface area contributed by atoms with Crippen LogP contribution in [0.5, 0.6) is 0 Å². The number of rotatable bonds is 4. The van der Waals surface area contributed by atoms with Gasteiger partial charge in [0.2, 0.25) is 0 Å². The van der Waals surface area contributed by atoms with Gasteiger partial charge in [-0.2, -0.15) is 0 Å². The average Bonchev–Trinajstić information content (AvgIpc) is 2.19. The van der Waals surface area contributed by atoms with Crippen LogP contribution < -0.4 is 5.73 Å². The van der Waals surface area contributed by atoms with Crippen LogP contribution in [0.25, 0.3) is 0 Å². The molecule has 1 aromatic rings. The summed E-state index contributed by atoms with van der Waals surface area (Å²) in [6, 6.07) is 2.39. The van der Waals surface area contributed by atoms with Crippen molar-refractivity contribution in [2.45, 2.75) is 12.8 Å². The molecule has 0 amide bonds. The fraction of sp³-hybridized carbons (Fsp3) is 0.300. The maximum absolute atomic E-state index is 13.4. The van der Waals surface area contributed by atoms with E-state index in [1.54, 1.807) is 0 Å². The van der Waals surface area contributed by atoms with E-state index in [-0.39, 0.29) is 35.2 Å². The van der Waals surface area contributed by atoms with Crippen LogP contribution in [0.4, 0.5) is 8.78 Å². The van der Waals surface area contributed by atoms with Crippen molar-refractivity contribution in [3.63, 3.8) is 0 Å². The van der Waals surface area contributed by atoms with Gasteiger partial charge in [-0.1, -0.05) is 0 Å². The smallest absolute Gasteiger partial charge is 0.143 e. The van der Waals surface area contributed by atoms with Gasteiger partial charge in [-0.25, -0.2) is 8.78 Å². The number of halogens is 3. The molecule has 0 bridgehead atoms. The third-order valence-corrected chi connectivity index (χ3v) is 2.55. The van der Waals surface area contributed by atoms with Crippen LogP contribution in [0, 0.1) is 11.6 Å². The molecule has 5 heteroatoms. The molecule has 0 saturated carbocycles. The number of carbonyl (C=O) groups excluding carboxylic acids is 1. The zero-order valence-electron chi connectivity index (χ0n) is 7.90. The summed E-state index contributed by atoms with van der Waals surface area (Å²) in [6.07, 6.45) is -0.125. The topological polar surface area (TPSA) is 43.1 Å². The molecule has 0 aliphatic rings. The normalized spacial score (nSPS) is 10.4. The molecule has 1 aromatic carbocycles. The van der Waals surface area contributed by atoms with Gasteiger partial charge in [-0.05, 0) is 34.6 Å². The molecule has 82 valence electrons. The van der Waals surface area contributed by atoms with Crippen molar-refractivity contribution >= 4 is 21.7 Å². The van der Waals surface area contributed by atoms with E-state index in [0.717, 1.165) is 6.07 Å². The summed E-state index contributed by atoms with van der Waals surface area (Å²) in [6.45, 7) is 0.191. The first-order valence-corrected chi connectivity index (χ1v) is 5.19. The molecule has 0 radical (unpaired) electrons. The maximum atomic E-state index is 13.4. The SMILES string of the molecule is NCCC(=O)Cc1c(F)ccc(Br)c1F. The van der Waals surface area contributed by atoms with E-state index in [1.807, 2.05) is 0 Å². The van der Waals surface area contributed by atoms with Crippen molar-refractivity contribution in [1.82, 2.24) is 0 Å². The van der Waals surface area contributed by atoms with E-state index in [9.17, 15) is 13.6 Å². The molecule has 0 aromatic heterocycles. The molecule has 0 aliphatic carbocycles. The summed E-state index contributed by atoms with van der Waals surface area (Å²) in [4.78, 5) is 11.2. The van der Waals surface area contributed by atoms with Crippen LogP contribution in [0.1, 0.15) is 12.0 Å². The zero-order chi connectivity index (χ0) is 11.4. The quantitative estimate of drug-likeness (QED) is 0.858. The van der Waals surface area contributed by atoms with Crippen LogP contribution in [-0.2, 0) is 11.2 Å². The number of hydrogen-bond donors (Lipinski definition) is 1. The minimum absolute atomic E-state index is 0.130. The summed E-state index contributed by atoms with van der Waals surface area (Å²) in [5.41, 5.74) is 4.97. The van der Waals surface area contributed by atoms with Crippen LogP contribution in [0.3, 0.4) is 0 Å². The van der Waals surface area contributed by atoms with Gasteiger partial charge < -0.3 is 5.73 Å². The lowest BCUT2D eigenvalue weighted by molar-refractivity contribution is -0.118. The molecule has 0 atom stereocenters. The molecule has 0 spiro atoms. The number of Topliss-reactive ketones (excluding diaryl/α,β-unsaturated/α-hetero) is 1. The summed E-state index contributed by atoms with van der Waals surface area (Å²) >= 11 is 2.93. The maximum Gasteiger partial charge on any atom is 0.143 e. The van der Waals surface area contributed by atoms with Crippen LogP contribution >= 0.6 is 15.9 Å². The molecule has 2 N–H and O–H groups in total. The molecule has 0 saturated heterocycles. The molecule has 15 heavy (non-hydrogen) atoms. The first kappa shape index (κ1) is 12.3. The number of benzene rings is 1. The van der Waals surface area contributed by atoms with Crippen molar-refractivity contribution < 1.29 is 13.6 Å². The Balaban J connectivity index is 2.93. The van der Waals surface area contributed by atoms with E-state index < -0.39 is 11.6 Å². The fourth-order valence-electron chi connectivity index (χ4n) is 1.18. The third-order valence-electron chi connectivity index (χ3n) is 1.94. The van der Waals surface area contributed by atoms with E-state index in [1.165, 1.54) is 6.07 Å². The Morgan fingerprint density at radius 1 is 1.40 bits per heavy atom. The summed E-state index contributed by atoms with van der Waals surface area (Å²) in [7, 11) is 0. The van der Waals surface area contributed by atoms with Crippen LogP contribution in [0.2, 0.25) is 0 Å². The Morgan fingerprint density at radius 3 is 2.67 bits per heavy atom. The van der Waals surface area contributed by atoms with Gasteiger partial charge in [0.15, 0.2) is 0 Å². The van der Waals surface area contributed by atoms with Crippen molar-refractivity contribution in [3.8, 4) is 0 Å². The van der Waals surface area contributed by atoms with Crippen molar-refractivity contribution in [2.24, 2.45) is 5.73 Å². The number of ketones is 1. The lowest BCUT2D eigenvalue weighted by atomic mass is 10.1. The lowest BCUT2D eigenvalue weighted by Gasteiger charge is -2.05. The highest BCUT2D eigenvalue weighted by molar-refractivity contribution is 9.10. The van der Waals surface area contributed by atoms with E-state index >= 15 is 0 Å². The molecule has 0 heterocycles. The van der Waals surface area contributed by atoms with E-state index in [0.29, 0.717) is 0 Å². The van der Waals surface area contributed by atoms with Crippen LogP contribution in [-0.4, -0.2) is 12.3 Å². The second-order valence-corrected chi connectivity index (χ2v) is 3.93. The number of carbonyl (C=O) groups is 1. The molecular weight excluding hydrogens is 268 g/mol. The Kier molecular flexibility index (Phi) is 4.35. The average molecular weight is 278 g/mol. The Hall–Kier alpha value is -0.810. The molecule has 1 rings (SSSR count). The highest BCUT2D eigenvalue weighted by atomic mass is 79.9. The van der Waals surface area contributed by atoms with Gasteiger partial charge >= 0.3 is 0 Å². The van der Waals surface area contributed by atoms with Crippen molar-refractivity contribution in [1.29, 1.82) is 0 Å². The van der Waals surface area contributed by atoms with Crippen molar-refractivity contribution in [3.05, 3.63) is 33.8 Å². The summed E-state index contributed by atoms with van der Waals surface area (Å²) < 4.78 is 26.7. The second kappa shape index (κ2) is 5.32. The van der Waals surface area contributed by atoms with Gasteiger partial charge in [0.1, 0.15) is 17.4 Å². The molecule has 0 unspecified atom stereocenters. The first-order valence-electron chi connectivity index (χ1n) is 4.40. The van der Waals surface area contributed by atoms with Crippen LogP contribution in [0.15, 0.2) is 16.6 Å². The van der Waals surface area contributed by atoms with Gasteiger partial charge in [0.05, 0.1) is 4.47 Å². The minimum atomic E-state index is -0.722. The fourth-order valence-corrected chi connectivity index (χ4v) is 1.55. The molecular formula is C10H10BrF2NO. The van der Waals surface area contributed by atoms with Gasteiger partial charge in [-0.3, -0.25) is 4.79 Å². The lowest BCUT2D eigenvalue weighted by Crippen LogP contribution is -2.12. The van der Waals surface area contributed by atoms with E-state index in [2.05, 4.69) is 15.9 Å². The van der Waals surface area contributed by atoms with Gasteiger partial charge in [0, 0.05) is 18.4 Å². The monoisotopic (exact) mass is 277 g/mol. The predicted molar refractivity (Wildman–Crippen MR) is 56.4 cm³/mol. The van der Waals surface area contributed by atoms with Gasteiger partial charge in [-0.15, -0.1) is 0 Å². The summed E-state index contributed by atoms with van der Waals surface area (Å²) in [5.74, 6) is -1.70. The molecule has 2 nitrogen and oxygen atoms in total. The highest BCUT2D eigenvalue weighted by Gasteiger charge is 2.15. The first-order chi connectivity index (χ1) is 7.06. The number of hydrogen-bond acceptors (Lipinski definition) is 2. The standard InChI is InChI=1S/C10H10BrF2NO/c11-8-1-2-9(12)7(10(8)13)5-6(15)3-4-14/h1-2H,3-5,14H2. The van der Waals surface area contributed by atoms with Gasteiger partial charge in [0.25, 0.3) is 0 Å². The predicted octanol–water partition coefficient (Wildman–Crippen LogP) is 2.19. The highest BCUT2D eigenvalue weighted by Crippen LogP contribution is 2.22. The second-order valence-electron chi connectivity index (χ2n) is 3.08. The molecule has 0 aliphatic heterocycles. The Morgan fingerprint density at radius 2 is 2.07 bits per heavy atom. The Bertz CT molecular complexity index is 382. The summed E-state index contributed by atoms with van der Waals surface area (Å²) in [5, 5.41) is 0. The zero-order valence-corrected chi connectivity index (χ0v) is 9.48. The molecule has 0 fully saturated rings. The minimum Gasteiger partial charge on any atom is -0.330 e. The Labute approximate surface area is 94.6 Å².